The van der Waals surface area contributed by atoms with Crippen LogP contribution in [-0.2, 0) is 0 Å². The minimum Gasteiger partial charge on any atom is -0.463 e. The summed E-state index contributed by atoms with van der Waals surface area (Å²) in [6.07, 6.45) is -1.85. The van der Waals surface area contributed by atoms with Crippen molar-refractivity contribution < 1.29 is 18.6 Å². The van der Waals surface area contributed by atoms with E-state index in [9.17, 15) is 8.78 Å². The first-order valence-corrected chi connectivity index (χ1v) is 6.10. The van der Waals surface area contributed by atoms with Gasteiger partial charge >= 0.3 is 6.01 Å². The predicted molar refractivity (Wildman–Crippen MR) is 68.7 cm³/mol. The van der Waals surface area contributed by atoms with Gasteiger partial charge in [-0.2, -0.15) is 15.0 Å². The van der Waals surface area contributed by atoms with Crippen molar-refractivity contribution in [1.82, 2.24) is 15.0 Å². The third kappa shape index (κ3) is 5.05. The highest BCUT2D eigenvalue weighted by atomic mass is 19.3. The number of halogens is 2. The van der Waals surface area contributed by atoms with E-state index in [0.29, 0.717) is 6.61 Å². The summed E-state index contributed by atoms with van der Waals surface area (Å²) < 4.78 is 30.3. The number of nitrogen functional groups attached to an aromatic ring is 1. The summed E-state index contributed by atoms with van der Waals surface area (Å²) in [6.45, 7) is 1.32. The van der Waals surface area contributed by atoms with E-state index in [-0.39, 0.29) is 31.1 Å². The van der Waals surface area contributed by atoms with Crippen LogP contribution in [-0.4, -0.2) is 52.8 Å². The molecule has 0 spiro atoms. The fraction of sp³-hybridized carbons (Fsp3) is 0.700. The van der Waals surface area contributed by atoms with Gasteiger partial charge in [-0.25, -0.2) is 14.6 Å². The van der Waals surface area contributed by atoms with Crippen molar-refractivity contribution in [2.24, 2.45) is 5.84 Å². The summed E-state index contributed by atoms with van der Waals surface area (Å²) >= 11 is 0. The fourth-order valence-corrected chi connectivity index (χ4v) is 1.37. The van der Waals surface area contributed by atoms with E-state index >= 15 is 0 Å². The summed E-state index contributed by atoms with van der Waals surface area (Å²) in [6, 6.07) is -0.0120. The highest BCUT2D eigenvalue weighted by Gasteiger charge is 2.17. The molecule has 4 N–H and O–H groups in total. The van der Waals surface area contributed by atoms with Crippen molar-refractivity contribution in [1.29, 1.82) is 0 Å². The average molecular weight is 292 g/mol. The van der Waals surface area contributed by atoms with Gasteiger partial charge in [0.2, 0.25) is 11.9 Å². The number of nitrogens with two attached hydrogens (primary N) is 1. The molecule has 0 atom stereocenters. The SMILES string of the molecule is CCCOc1nc(NN)nc(N(CCO)CC(F)F)n1. The molecule has 1 heterocycles. The Morgan fingerprint density at radius 1 is 1.40 bits per heavy atom. The number of hydrogen-bond acceptors (Lipinski definition) is 8. The van der Waals surface area contributed by atoms with Gasteiger partial charge in [0.1, 0.15) is 0 Å². The molecule has 1 aromatic rings. The Balaban J connectivity index is 2.98. The second-order valence-corrected chi connectivity index (χ2v) is 3.80. The summed E-state index contributed by atoms with van der Waals surface area (Å²) in [7, 11) is 0. The van der Waals surface area contributed by atoms with E-state index in [4.69, 9.17) is 15.7 Å². The number of ether oxygens (including phenoxy) is 1. The van der Waals surface area contributed by atoms with E-state index in [1.165, 1.54) is 0 Å². The van der Waals surface area contributed by atoms with Crippen molar-refractivity contribution in [3.63, 3.8) is 0 Å². The van der Waals surface area contributed by atoms with Crippen LogP contribution in [0, 0.1) is 0 Å². The molecule has 0 saturated heterocycles. The van der Waals surface area contributed by atoms with Crippen molar-refractivity contribution >= 4 is 11.9 Å². The zero-order valence-electron chi connectivity index (χ0n) is 11.1. The first-order chi connectivity index (χ1) is 9.60. The van der Waals surface area contributed by atoms with Crippen LogP contribution in [0.15, 0.2) is 0 Å². The summed E-state index contributed by atoms with van der Waals surface area (Å²) in [5, 5.41) is 8.92. The van der Waals surface area contributed by atoms with Crippen LogP contribution in [0.3, 0.4) is 0 Å². The highest BCUT2D eigenvalue weighted by molar-refractivity contribution is 5.37. The number of rotatable bonds is 9. The van der Waals surface area contributed by atoms with Gasteiger partial charge in [-0.1, -0.05) is 6.92 Å². The topological polar surface area (TPSA) is 109 Å². The molecular weight excluding hydrogens is 274 g/mol. The minimum absolute atomic E-state index is 0.00157. The van der Waals surface area contributed by atoms with Crippen LogP contribution in [0.2, 0.25) is 0 Å². The Morgan fingerprint density at radius 3 is 2.70 bits per heavy atom. The third-order valence-electron chi connectivity index (χ3n) is 2.18. The van der Waals surface area contributed by atoms with Gasteiger partial charge in [-0.15, -0.1) is 0 Å². The summed E-state index contributed by atoms with van der Waals surface area (Å²) in [5.74, 6) is 5.18. The Kier molecular flexibility index (Phi) is 6.81. The fourth-order valence-electron chi connectivity index (χ4n) is 1.37. The lowest BCUT2D eigenvalue weighted by atomic mass is 10.5. The lowest BCUT2D eigenvalue weighted by Crippen LogP contribution is -2.33. The minimum atomic E-state index is -2.59. The van der Waals surface area contributed by atoms with Gasteiger partial charge in [0.25, 0.3) is 6.43 Å². The van der Waals surface area contributed by atoms with Crippen LogP contribution < -0.4 is 20.9 Å². The molecule has 0 amide bonds. The molecule has 0 aliphatic heterocycles. The summed E-state index contributed by atoms with van der Waals surface area (Å²) in [4.78, 5) is 12.8. The lowest BCUT2D eigenvalue weighted by Gasteiger charge is -2.21. The van der Waals surface area contributed by atoms with Crippen LogP contribution in [0.25, 0.3) is 0 Å². The normalized spacial score (nSPS) is 10.7. The van der Waals surface area contributed by atoms with Crippen LogP contribution in [0.4, 0.5) is 20.7 Å². The summed E-state index contributed by atoms with van der Waals surface area (Å²) in [5.41, 5.74) is 2.22. The molecular formula is C10H18F2N6O2. The van der Waals surface area contributed by atoms with Crippen LogP contribution in [0.1, 0.15) is 13.3 Å². The molecule has 8 nitrogen and oxygen atoms in total. The standard InChI is InChI=1S/C10H18F2N6O2/c1-2-5-20-10-15-8(17-13)14-9(16-10)18(3-4-19)6-7(11)12/h7,19H,2-6,13H2,1H3,(H,14,15,16,17). The second kappa shape index (κ2) is 8.38. The van der Waals surface area contributed by atoms with Gasteiger partial charge in [-0.3, -0.25) is 5.43 Å². The van der Waals surface area contributed by atoms with Gasteiger partial charge in [0.15, 0.2) is 0 Å². The molecule has 10 heteroatoms. The zero-order chi connectivity index (χ0) is 15.0. The van der Waals surface area contributed by atoms with Crippen LogP contribution >= 0.6 is 0 Å². The number of aliphatic hydroxyl groups excluding tert-OH is 1. The number of hydrazine groups is 1. The second-order valence-electron chi connectivity index (χ2n) is 3.80. The largest absolute Gasteiger partial charge is 0.463 e. The smallest absolute Gasteiger partial charge is 0.323 e. The van der Waals surface area contributed by atoms with Crippen molar-refractivity contribution in [2.75, 3.05) is 36.6 Å². The molecule has 1 rings (SSSR count). The van der Waals surface area contributed by atoms with Crippen molar-refractivity contribution in [2.45, 2.75) is 19.8 Å². The average Bonchev–Trinajstić information content (AvgIpc) is 2.43. The number of alkyl halides is 2. The van der Waals surface area contributed by atoms with Gasteiger partial charge < -0.3 is 14.7 Å². The molecule has 0 radical (unpaired) electrons. The Morgan fingerprint density at radius 2 is 2.15 bits per heavy atom. The molecule has 114 valence electrons. The highest BCUT2D eigenvalue weighted by Crippen LogP contribution is 2.15. The predicted octanol–water partition coefficient (Wildman–Crippen LogP) is 0.00980. The molecule has 0 aliphatic rings. The molecule has 0 bridgehead atoms. The number of aliphatic hydroxyl groups is 1. The van der Waals surface area contributed by atoms with E-state index < -0.39 is 13.0 Å². The first kappa shape index (κ1) is 16.2. The quantitative estimate of drug-likeness (QED) is 0.431. The van der Waals surface area contributed by atoms with Crippen molar-refractivity contribution in [3.05, 3.63) is 0 Å². The van der Waals surface area contributed by atoms with E-state index in [0.717, 1.165) is 11.3 Å². The molecule has 0 saturated carbocycles. The number of anilines is 2. The molecule has 0 aromatic carbocycles. The monoisotopic (exact) mass is 292 g/mol. The maximum absolute atomic E-state index is 12.5. The number of hydrogen-bond donors (Lipinski definition) is 3. The molecule has 0 aliphatic carbocycles. The van der Waals surface area contributed by atoms with E-state index in [1.807, 2.05) is 6.92 Å². The lowest BCUT2D eigenvalue weighted by molar-refractivity contribution is 0.152. The molecule has 20 heavy (non-hydrogen) atoms. The number of aromatic nitrogens is 3. The Hall–Kier alpha value is -1.81. The van der Waals surface area contributed by atoms with E-state index in [1.54, 1.807) is 0 Å². The number of nitrogens with one attached hydrogen (secondary N) is 1. The van der Waals surface area contributed by atoms with Gasteiger partial charge in [0.05, 0.1) is 19.8 Å². The Labute approximate surface area is 115 Å². The number of nitrogens with zero attached hydrogens (tertiary/aromatic N) is 4. The van der Waals surface area contributed by atoms with E-state index in [2.05, 4.69) is 20.4 Å². The Bertz CT molecular complexity index is 409. The maximum Gasteiger partial charge on any atom is 0.323 e. The zero-order valence-corrected chi connectivity index (χ0v) is 11.1. The van der Waals surface area contributed by atoms with Gasteiger partial charge in [-0.05, 0) is 6.42 Å². The first-order valence-electron chi connectivity index (χ1n) is 6.10. The van der Waals surface area contributed by atoms with Crippen molar-refractivity contribution in [3.8, 4) is 6.01 Å². The third-order valence-corrected chi connectivity index (χ3v) is 2.18. The maximum atomic E-state index is 12.5. The molecule has 0 fully saturated rings. The molecule has 1 aromatic heterocycles. The van der Waals surface area contributed by atoms with Gasteiger partial charge in [0, 0.05) is 6.54 Å². The van der Waals surface area contributed by atoms with Crippen LogP contribution in [0.5, 0.6) is 6.01 Å². The molecule has 0 unspecified atom stereocenters.